The van der Waals surface area contributed by atoms with Gasteiger partial charge in [0, 0.05) is 5.56 Å². The van der Waals surface area contributed by atoms with Crippen LogP contribution in [0.2, 0.25) is 0 Å². The molecule has 1 aromatic rings. The maximum Gasteiger partial charge on any atom is 0.328 e. The highest BCUT2D eigenvalue weighted by atomic mass is 16.5. The quantitative estimate of drug-likeness (QED) is 0.683. The number of aliphatic hydroxyl groups excluding tert-OH is 1. The van der Waals surface area contributed by atoms with E-state index in [1.54, 1.807) is 13.0 Å². The van der Waals surface area contributed by atoms with Crippen LogP contribution in [0.5, 0.6) is 11.5 Å². The first-order valence-electron chi connectivity index (χ1n) is 6.43. The summed E-state index contributed by atoms with van der Waals surface area (Å²) >= 11 is 0. The number of amides is 1. The third-order valence-electron chi connectivity index (χ3n) is 2.76. The van der Waals surface area contributed by atoms with Crippen LogP contribution in [0, 0.1) is 0 Å². The highest BCUT2D eigenvalue weighted by Gasteiger charge is 2.25. The molecule has 21 heavy (non-hydrogen) atoms. The van der Waals surface area contributed by atoms with Gasteiger partial charge in [0.2, 0.25) is 0 Å². The van der Waals surface area contributed by atoms with Gasteiger partial charge in [-0.3, -0.25) is 4.79 Å². The van der Waals surface area contributed by atoms with E-state index in [2.05, 4.69) is 5.32 Å². The number of carboxylic acids is 1. The molecule has 0 radical (unpaired) electrons. The second-order valence-corrected chi connectivity index (χ2v) is 4.33. The minimum atomic E-state index is -1.38. The molecule has 7 heteroatoms. The molecule has 0 aliphatic rings. The van der Waals surface area contributed by atoms with Crippen molar-refractivity contribution in [2.24, 2.45) is 0 Å². The van der Waals surface area contributed by atoms with Crippen molar-refractivity contribution in [1.82, 2.24) is 5.32 Å². The summed E-state index contributed by atoms with van der Waals surface area (Å²) in [6.45, 7) is 3.48. The van der Waals surface area contributed by atoms with Gasteiger partial charge in [0.15, 0.2) is 17.5 Å². The van der Waals surface area contributed by atoms with Gasteiger partial charge in [-0.25, -0.2) is 4.79 Å². The van der Waals surface area contributed by atoms with E-state index in [9.17, 15) is 14.7 Å². The Hall–Kier alpha value is -2.28. The average molecular weight is 297 g/mol. The topological polar surface area (TPSA) is 105 Å². The first-order valence-corrected chi connectivity index (χ1v) is 6.43. The normalized spacial score (nSPS) is 13.1. The van der Waals surface area contributed by atoms with E-state index < -0.39 is 24.0 Å². The summed E-state index contributed by atoms with van der Waals surface area (Å²) in [7, 11) is 1.48. The molecule has 3 N–H and O–H groups in total. The number of nitrogens with one attached hydrogen (secondary N) is 1. The molecule has 0 fully saturated rings. The maximum atomic E-state index is 12.0. The van der Waals surface area contributed by atoms with Crippen LogP contribution in [-0.4, -0.2) is 48.0 Å². The van der Waals surface area contributed by atoms with Crippen LogP contribution in [-0.2, 0) is 4.79 Å². The Kier molecular flexibility index (Phi) is 5.98. The average Bonchev–Trinajstić information content (AvgIpc) is 2.44. The lowest BCUT2D eigenvalue weighted by Gasteiger charge is -2.17. The Balaban J connectivity index is 2.96. The SMILES string of the molecule is CCOc1cc(C(=O)NC(C(=O)O)C(C)O)ccc1OC. The van der Waals surface area contributed by atoms with Crippen LogP contribution in [0.15, 0.2) is 18.2 Å². The lowest BCUT2D eigenvalue weighted by atomic mass is 10.1. The zero-order chi connectivity index (χ0) is 16.0. The van der Waals surface area contributed by atoms with Crippen LogP contribution in [0.1, 0.15) is 24.2 Å². The summed E-state index contributed by atoms with van der Waals surface area (Å²) in [6, 6.07) is 3.11. The summed E-state index contributed by atoms with van der Waals surface area (Å²) in [6.07, 6.45) is -1.21. The molecule has 0 heterocycles. The summed E-state index contributed by atoms with van der Waals surface area (Å²) in [5.74, 6) is -1.07. The van der Waals surface area contributed by atoms with E-state index in [-0.39, 0.29) is 5.56 Å². The molecule has 0 aliphatic heterocycles. The van der Waals surface area contributed by atoms with Gasteiger partial charge in [0.05, 0.1) is 19.8 Å². The van der Waals surface area contributed by atoms with Crippen LogP contribution in [0.4, 0.5) is 0 Å². The second-order valence-electron chi connectivity index (χ2n) is 4.33. The predicted molar refractivity (Wildman–Crippen MR) is 74.7 cm³/mol. The Bertz CT molecular complexity index is 514. The molecule has 0 bridgehead atoms. The zero-order valence-corrected chi connectivity index (χ0v) is 12.1. The molecule has 0 spiro atoms. The summed E-state index contributed by atoms with van der Waals surface area (Å²) in [5, 5.41) is 20.6. The van der Waals surface area contributed by atoms with Gasteiger partial charge in [-0.2, -0.15) is 0 Å². The van der Waals surface area contributed by atoms with Gasteiger partial charge in [0.1, 0.15) is 0 Å². The van der Waals surface area contributed by atoms with Crippen LogP contribution in [0.25, 0.3) is 0 Å². The van der Waals surface area contributed by atoms with E-state index in [0.717, 1.165) is 0 Å². The number of rotatable bonds is 7. The van der Waals surface area contributed by atoms with Crippen molar-refractivity contribution in [3.63, 3.8) is 0 Å². The number of hydrogen-bond acceptors (Lipinski definition) is 5. The number of benzene rings is 1. The highest BCUT2D eigenvalue weighted by Crippen LogP contribution is 2.28. The van der Waals surface area contributed by atoms with Crippen molar-refractivity contribution < 1.29 is 29.3 Å². The molecule has 1 amide bonds. The van der Waals surface area contributed by atoms with Crippen molar-refractivity contribution in [3.8, 4) is 11.5 Å². The molecule has 2 unspecified atom stereocenters. The van der Waals surface area contributed by atoms with Gasteiger partial charge < -0.3 is 25.0 Å². The summed E-state index contributed by atoms with van der Waals surface area (Å²) in [4.78, 5) is 23.0. The largest absolute Gasteiger partial charge is 0.493 e. The molecular formula is C14H19NO6. The van der Waals surface area contributed by atoms with Crippen LogP contribution < -0.4 is 14.8 Å². The van der Waals surface area contributed by atoms with E-state index in [0.29, 0.717) is 18.1 Å². The molecule has 116 valence electrons. The molecular weight excluding hydrogens is 278 g/mol. The van der Waals surface area contributed by atoms with Crippen molar-refractivity contribution in [1.29, 1.82) is 0 Å². The Morgan fingerprint density at radius 2 is 2.00 bits per heavy atom. The number of aliphatic carboxylic acids is 1. The fourth-order valence-corrected chi connectivity index (χ4v) is 1.70. The van der Waals surface area contributed by atoms with Crippen molar-refractivity contribution in [3.05, 3.63) is 23.8 Å². The fraction of sp³-hybridized carbons (Fsp3) is 0.429. The number of ether oxygens (including phenoxy) is 2. The van der Waals surface area contributed by atoms with Gasteiger partial charge in [-0.15, -0.1) is 0 Å². The van der Waals surface area contributed by atoms with Crippen molar-refractivity contribution in [2.45, 2.75) is 26.0 Å². The van der Waals surface area contributed by atoms with Crippen molar-refractivity contribution >= 4 is 11.9 Å². The predicted octanol–water partition coefficient (Wildman–Crippen LogP) is 0.658. The van der Waals surface area contributed by atoms with E-state index >= 15 is 0 Å². The first kappa shape index (κ1) is 16.8. The monoisotopic (exact) mass is 297 g/mol. The number of carbonyl (C=O) groups is 2. The summed E-state index contributed by atoms with van der Waals surface area (Å²) in [5.41, 5.74) is 0.214. The fourth-order valence-electron chi connectivity index (χ4n) is 1.70. The number of aliphatic hydroxyl groups is 1. The maximum absolute atomic E-state index is 12.0. The van der Waals surface area contributed by atoms with Gasteiger partial charge in [-0.05, 0) is 32.0 Å². The van der Waals surface area contributed by atoms with Gasteiger partial charge in [-0.1, -0.05) is 0 Å². The molecule has 1 rings (SSSR count). The summed E-state index contributed by atoms with van der Waals surface area (Å²) < 4.78 is 10.4. The lowest BCUT2D eigenvalue weighted by molar-refractivity contribution is -0.141. The molecule has 0 aromatic heterocycles. The number of hydrogen-bond donors (Lipinski definition) is 3. The van der Waals surface area contributed by atoms with Crippen LogP contribution >= 0.6 is 0 Å². The van der Waals surface area contributed by atoms with Gasteiger partial charge >= 0.3 is 5.97 Å². The zero-order valence-electron chi connectivity index (χ0n) is 12.1. The standard InChI is InChI=1S/C14H19NO6/c1-4-21-11-7-9(5-6-10(11)20-3)13(17)15-12(8(2)16)14(18)19/h5-8,12,16H,4H2,1-3H3,(H,15,17)(H,18,19). The molecule has 0 saturated carbocycles. The molecule has 2 atom stereocenters. The molecule has 7 nitrogen and oxygen atoms in total. The third-order valence-corrected chi connectivity index (χ3v) is 2.76. The van der Waals surface area contributed by atoms with Gasteiger partial charge in [0.25, 0.3) is 5.91 Å². The second kappa shape index (κ2) is 7.49. The Labute approximate surface area is 122 Å². The number of methoxy groups -OCH3 is 1. The third kappa shape index (κ3) is 4.35. The smallest absolute Gasteiger partial charge is 0.328 e. The first-order chi connectivity index (χ1) is 9.90. The number of carbonyl (C=O) groups excluding carboxylic acids is 1. The number of carboxylic acid groups (broad SMARTS) is 1. The molecule has 0 saturated heterocycles. The lowest BCUT2D eigenvalue weighted by Crippen LogP contribution is -2.47. The van der Waals surface area contributed by atoms with E-state index in [4.69, 9.17) is 14.6 Å². The van der Waals surface area contributed by atoms with Crippen LogP contribution in [0.3, 0.4) is 0 Å². The molecule has 1 aromatic carbocycles. The highest BCUT2D eigenvalue weighted by molar-refractivity contribution is 5.97. The van der Waals surface area contributed by atoms with E-state index in [1.807, 2.05) is 0 Å². The Morgan fingerprint density at radius 3 is 2.48 bits per heavy atom. The van der Waals surface area contributed by atoms with E-state index in [1.165, 1.54) is 26.2 Å². The van der Waals surface area contributed by atoms with Crippen molar-refractivity contribution in [2.75, 3.05) is 13.7 Å². The Morgan fingerprint density at radius 1 is 1.33 bits per heavy atom. The minimum absolute atomic E-state index is 0.214. The molecule has 0 aliphatic carbocycles. The minimum Gasteiger partial charge on any atom is -0.493 e.